The van der Waals surface area contributed by atoms with Gasteiger partial charge in [-0.15, -0.1) is 0 Å². The second-order valence-electron chi connectivity index (χ2n) is 5.70. The highest BCUT2D eigenvalue weighted by Crippen LogP contribution is 2.16. The van der Waals surface area contributed by atoms with Crippen LogP contribution in [0.25, 0.3) is 0 Å². The molecule has 0 saturated carbocycles. The van der Waals surface area contributed by atoms with Gasteiger partial charge in [0.2, 0.25) is 5.91 Å². The van der Waals surface area contributed by atoms with E-state index in [0.717, 1.165) is 11.1 Å². The fourth-order valence-corrected chi connectivity index (χ4v) is 2.03. The Kier molecular flexibility index (Phi) is 6.37. The van der Waals surface area contributed by atoms with Crippen LogP contribution in [0.3, 0.4) is 0 Å². The van der Waals surface area contributed by atoms with Gasteiger partial charge in [-0.3, -0.25) is 14.5 Å². The van der Waals surface area contributed by atoms with Crippen molar-refractivity contribution in [3.05, 3.63) is 35.4 Å². The summed E-state index contributed by atoms with van der Waals surface area (Å²) in [6.07, 6.45) is 0. The van der Waals surface area contributed by atoms with E-state index in [0.29, 0.717) is 13.1 Å². The van der Waals surface area contributed by atoms with E-state index in [-0.39, 0.29) is 11.9 Å². The van der Waals surface area contributed by atoms with Crippen molar-refractivity contribution in [2.45, 2.75) is 39.3 Å². The molecule has 0 fully saturated rings. The molecule has 0 bridgehead atoms. The van der Waals surface area contributed by atoms with Crippen molar-refractivity contribution in [2.24, 2.45) is 0 Å². The Morgan fingerprint density at radius 3 is 2.24 bits per heavy atom. The highest BCUT2D eigenvalue weighted by atomic mass is 16.4. The van der Waals surface area contributed by atoms with E-state index in [4.69, 9.17) is 5.11 Å². The number of hydrogen-bond acceptors (Lipinski definition) is 3. The number of amides is 1. The monoisotopic (exact) mass is 292 g/mol. The number of carbonyl (C=O) groups is 2. The summed E-state index contributed by atoms with van der Waals surface area (Å²) in [5, 5.41) is 11.8. The number of carbonyl (C=O) groups excluding carboxylic acids is 1. The summed E-state index contributed by atoms with van der Waals surface area (Å²) in [5.74, 6) is -1.33. The van der Waals surface area contributed by atoms with Crippen molar-refractivity contribution in [2.75, 3.05) is 13.6 Å². The summed E-state index contributed by atoms with van der Waals surface area (Å²) in [4.78, 5) is 24.5. The molecule has 1 aromatic rings. The first-order valence-corrected chi connectivity index (χ1v) is 7.09. The summed E-state index contributed by atoms with van der Waals surface area (Å²) < 4.78 is 0. The minimum Gasteiger partial charge on any atom is -0.481 e. The number of hydrogen-bond donors (Lipinski definition) is 2. The van der Waals surface area contributed by atoms with Crippen LogP contribution in [0.15, 0.2) is 24.3 Å². The van der Waals surface area contributed by atoms with Gasteiger partial charge in [0, 0.05) is 12.6 Å². The van der Waals surface area contributed by atoms with Gasteiger partial charge in [-0.05, 0) is 38.9 Å². The Balaban J connectivity index is 2.55. The molecule has 0 aliphatic heterocycles. The topological polar surface area (TPSA) is 69.6 Å². The van der Waals surface area contributed by atoms with Crippen LogP contribution in [0, 0.1) is 0 Å². The largest absolute Gasteiger partial charge is 0.481 e. The Morgan fingerprint density at radius 1 is 1.19 bits per heavy atom. The van der Waals surface area contributed by atoms with Crippen molar-refractivity contribution in [1.82, 2.24) is 10.2 Å². The van der Waals surface area contributed by atoms with E-state index in [2.05, 4.69) is 5.32 Å². The van der Waals surface area contributed by atoms with E-state index in [1.165, 1.54) is 0 Å². The molecule has 0 saturated heterocycles. The molecule has 0 heterocycles. The van der Waals surface area contributed by atoms with E-state index in [9.17, 15) is 9.59 Å². The Bertz CT molecular complexity index is 483. The summed E-state index contributed by atoms with van der Waals surface area (Å²) in [7, 11) is 1.88. The highest BCUT2D eigenvalue weighted by Gasteiger charge is 2.13. The lowest BCUT2D eigenvalue weighted by Gasteiger charge is -2.18. The molecular formula is C16H24N2O3. The Hall–Kier alpha value is -1.88. The van der Waals surface area contributed by atoms with Crippen LogP contribution in [0.4, 0.5) is 0 Å². The number of aliphatic carboxylic acids is 1. The SMILES string of the molecule is CC(C)NC(=O)CN(C)Cc1ccc(C(C)C(=O)O)cc1. The zero-order valence-electron chi connectivity index (χ0n) is 13.1. The zero-order chi connectivity index (χ0) is 16.0. The van der Waals surface area contributed by atoms with E-state index < -0.39 is 11.9 Å². The molecule has 0 aliphatic carbocycles. The fraction of sp³-hybridized carbons (Fsp3) is 0.500. The molecule has 5 nitrogen and oxygen atoms in total. The zero-order valence-corrected chi connectivity index (χ0v) is 13.1. The first-order valence-electron chi connectivity index (χ1n) is 7.09. The smallest absolute Gasteiger partial charge is 0.310 e. The summed E-state index contributed by atoms with van der Waals surface area (Å²) in [6, 6.07) is 7.62. The van der Waals surface area contributed by atoms with Gasteiger partial charge in [-0.25, -0.2) is 0 Å². The van der Waals surface area contributed by atoms with Gasteiger partial charge < -0.3 is 10.4 Å². The van der Waals surface area contributed by atoms with Crippen molar-refractivity contribution in [3.8, 4) is 0 Å². The quantitative estimate of drug-likeness (QED) is 0.804. The number of nitrogens with zero attached hydrogens (tertiary/aromatic N) is 1. The van der Waals surface area contributed by atoms with Crippen molar-refractivity contribution in [3.63, 3.8) is 0 Å². The van der Waals surface area contributed by atoms with E-state index >= 15 is 0 Å². The van der Waals surface area contributed by atoms with Crippen LogP contribution >= 0.6 is 0 Å². The molecule has 1 unspecified atom stereocenters. The van der Waals surface area contributed by atoms with Gasteiger partial charge in [0.15, 0.2) is 0 Å². The Labute approximate surface area is 126 Å². The number of nitrogens with one attached hydrogen (secondary N) is 1. The molecule has 0 aliphatic rings. The molecule has 1 rings (SSSR count). The normalized spacial score (nSPS) is 12.5. The van der Waals surface area contributed by atoms with Gasteiger partial charge in [-0.1, -0.05) is 24.3 Å². The number of benzene rings is 1. The first-order chi connectivity index (χ1) is 9.79. The van der Waals surface area contributed by atoms with E-state index in [1.807, 2.05) is 50.1 Å². The minimum absolute atomic E-state index is 0.00335. The standard InChI is InChI=1S/C16H24N2O3/c1-11(2)17-15(19)10-18(4)9-13-5-7-14(8-6-13)12(3)16(20)21/h5-8,11-12H,9-10H2,1-4H3,(H,17,19)(H,20,21). The van der Waals surface area contributed by atoms with Gasteiger partial charge in [0.1, 0.15) is 0 Å². The molecule has 2 N–H and O–H groups in total. The minimum atomic E-state index is -0.828. The second-order valence-corrected chi connectivity index (χ2v) is 5.70. The van der Waals surface area contributed by atoms with E-state index in [1.54, 1.807) is 6.92 Å². The van der Waals surface area contributed by atoms with Gasteiger partial charge >= 0.3 is 5.97 Å². The molecule has 21 heavy (non-hydrogen) atoms. The van der Waals surface area contributed by atoms with Gasteiger partial charge in [0.05, 0.1) is 12.5 Å². The van der Waals surface area contributed by atoms with Gasteiger partial charge in [0.25, 0.3) is 0 Å². The molecule has 1 amide bonds. The van der Waals surface area contributed by atoms with Crippen molar-refractivity contribution < 1.29 is 14.7 Å². The molecule has 5 heteroatoms. The fourth-order valence-electron chi connectivity index (χ4n) is 2.03. The molecule has 116 valence electrons. The van der Waals surface area contributed by atoms with Crippen LogP contribution in [-0.2, 0) is 16.1 Å². The number of carboxylic acids is 1. The molecule has 0 spiro atoms. The summed E-state index contributed by atoms with van der Waals surface area (Å²) >= 11 is 0. The maximum absolute atomic E-state index is 11.7. The van der Waals surface area contributed by atoms with Crippen LogP contribution in [0.2, 0.25) is 0 Å². The number of rotatable bonds is 7. The summed E-state index contributed by atoms with van der Waals surface area (Å²) in [5.41, 5.74) is 1.84. The van der Waals surface area contributed by atoms with Crippen molar-refractivity contribution >= 4 is 11.9 Å². The lowest BCUT2D eigenvalue weighted by molar-refractivity contribution is -0.138. The molecule has 0 aromatic heterocycles. The lowest BCUT2D eigenvalue weighted by atomic mass is 10.00. The third-order valence-electron chi connectivity index (χ3n) is 3.17. The molecule has 0 radical (unpaired) electrons. The Morgan fingerprint density at radius 2 is 1.76 bits per heavy atom. The van der Waals surface area contributed by atoms with Crippen molar-refractivity contribution in [1.29, 1.82) is 0 Å². The maximum Gasteiger partial charge on any atom is 0.310 e. The number of carboxylic acid groups (broad SMARTS) is 1. The third kappa shape index (κ3) is 5.95. The maximum atomic E-state index is 11.7. The van der Waals surface area contributed by atoms with Crippen LogP contribution in [-0.4, -0.2) is 41.5 Å². The van der Waals surface area contributed by atoms with Crippen LogP contribution in [0.1, 0.15) is 37.8 Å². The second kappa shape index (κ2) is 7.78. The highest BCUT2D eigenvalue weighted by molar-refractivity contribution is 5.78. The predicted octanol–water partition coefficient (Wildman–Crippen LogP) is 1.83. The molecule has 1 atom stereocenters. The van der Waals surface area contributed by atoms with Gasteiger partial charge in [-0.2, -0.15) is 0 Å². The average molecular weight is 292 g/mol. The summed E-state index contributed by atoms with van der Waals surface area (Å²) in [6.45, 7) is 6.51. The predicted molar refractivity (Wildman–Crippen MR) is 82.1 cm³/mol. The average Bonchev–Trinajstić information content (AvgIpc) is 2.37. The van der Waals surface area contributed by atoms with Crippen LogP contribution < -0.4 is 5.32 Å². The molecular weight excluding hydrogens is 268 g/mol. The first kappa shape index (κ1) is 17.2. The third-order valence-corrected chi connectivity index (χ3v) is 3.17. The lowest BCUT2D eigenvalue weighted by Crippen LogP contribution is -2.38. The number of likely N-dealkylation sites (N-methyl/N-ethyl adjacent to an activating group) is 1. The van der Waals surface area contributed by atoms with Crippen LogP contribution in [0.5, 0.6) is 0 Å². The molecule has 1 aromatic carbocycles.